The number of halogens is 1. The largest absolute Gasteiger partial charge is 0.398 e. The summed E-state index contributed by atoms with van der Waals surface area (Å²) in [7, 11) is 0. The van der Waals surface area contributed by atoms with Gasteiger partial charge >= 0.3 is 0 Å². The molecule has 1 aromatic rings. The second-order valence-corrected chi connectivity index (χ2v) is 2.65. The Bertz CT molecular complexity index is 258. The second-order valence-electron chi connectivity index (χ2n) is 1.84. The van der Waals surface area contributed by atoms with Crippen LogP contribution in [0, 0.1) is 0 Å². The van der Waals surface area contributed by atoms with Crippen LogP contribution < -0.4 is 5.73 Å². The maximum atomic E-state index is 5.59. The Balaban J connectivity index is 3.19. The maximum absolute atomic E-state index is 5.59. The SMILES string of the molecule is C=Cc1cnc(Br)cc1N. The van der Waals surface area contributed by atoms with E-state index in [9.17, 15) is 0 Å². The molecule has 0 aliphatic rings. The van der Waals surface area contributed by atoms with Crippen LogP contribution in [-0.2, 0) is 0 Å². The van der Waals surface area contributed by atoms with Crippen molar-refractivity contribution in [1.82, 2.24) is 4.98 Å². The number of hydrogen-bond acceptors (Lipinski definition) is 2. The van der Waals surface area contributed by atoms with E-state index in [1.165, 1.54) is 0 Å². The van der Waals surface area contributed by atoms with E-state index in [4.69, 9.17) is 5.73 Å². The van der Waals surface area contributed by atoms with Crippen LogP contribution in [0.4, 0.5) is 5.69 Å². The van der Waals surface area contributed by atoms with Crippen molar-refractivity contribution in [3.63, 3.8) is 0 Å². The zero-order chi connectivity index (χ0) is 7.56. The van der Waals surface area contributed by atoms with Gasteiger partial charge in [-0.05, 0) is 22.0 Å². The first-order valence-electron chi connectivity index (χ1n) is 2.77. The molecule has 0 unspecified atom stereocenters. The highest BCUT2D eigenvalue weighted by Crippen LogP contribution is 2.15. The zero-order valence-electron chi connectivity index (χ0n) is 5.34. The topological polar surface area (TPSA) is 38.9 Å². The van der Waals surface area contributed by atoms with Crippen LogP contribution in [0.15, 0.2) is 23.4 Å². The minimum Gasteiger partial charge on any atom is -0.398 e. The van der Waals surface area contributed by atoms with Gasteiger partial charge in [-0.25, -0.2) is 4.98 Å². The summed E-state index contributed by atoms with van der Waals surface area (Å²) in [5, 5.41) is 0. The summed E-state index contributed by atoms with van der Waals surface area (Å²) >= 11 is 3.20. The summed E-state index contributed by atoms with van der Waals surface area (Å²) in [5.74, 6) is 0. The number of anilines is 1. The Labute approximate surface area is 67.9 Å². The molecule has 0 saturated heterocycles. The number of hydrogen-bond donors (Lipinski definition) is 1. The summed E-state index contributed by atoms with van der Waals surface area (Å²) in [6.07, 6.45) is 3.35. The van der Waals surface area contributed by atoms with Gasteiger partial charge < -0.3 is 5.73 Å². The predicted molar refractivity (Wildman–Crippen MR) is 46.4 cm³/mol. The first kappa shape index (κ1) is 7.28. The first-order chi connectivity index (χ1) is 4.74. The summed E-state index contributed by atoms with van der Waals surface area (Å²) < 4.78 is 0.746. The third kappa shape index (κ3) is 1.36. The standard InChI is InChI=1S/C7H7BrN2/c1-2-5-4-10-7(8)3-6(5)9/h2-4H,1H2,(H2,9,10). The quantitative estimate of drug-likeness (QED) is 0.703. The second kappa shape index (κ2) is 2.84. The summed E-state index contributed by atoms with van der Waals surface area (Å²) in [6, 6.07) is 1.75. The third-order valence-electron chi connectivity index (χ3n) is 1.15. The van der Waals surface area contributed by atoms with Gasteiger partial charge in [0.2, 0.25) is 0 Å². The van der Waals surface area contributed by atoms with Crippen LogP contribution in [0.2, 0.25) is 0 Å². The smallest absolute Gasteiger partial charge is 0.108 e. The number of rotatable bonds is 1. The molecule has 0 spiro atoms. The number of nitrogens with zero attached hydrogens (tertiary/aromatic N) is 1. The molecule has 3 heteroatoms. The van der Waals surface area contributed by atoms with Gasteiger partial charge in [0.05, 0.1) is 0 Å². The molecule has 0 aromatic carbocycles. The minimum atomic E-state index is 0.692. The van der Waals surface area contributed by atoms with Crippen LogP contribution >= 0.6 is 15.9 Å². The lowest BCUT2D eigenvalue weighted by Gasteiger charge is -1.97. The molecule has 0 saturated carbocycles. The molecule has 52 valence electrons. The van der Waals surface area contributed by atoms with Gasteiger partial charge in [0.1, 0.15) is 4.60 Å². The molecular weight excluding hydrogens is 192 g/mol. The van der Waals surface area contributed by atoms with Gasteiger partial charge in [-0.15, -0.1) is 0 Å². The average molecular weight is 199 g/mol. The molecule has 1 aromatic heterocycles. The number of aromatic nitrogens is 1. The van der Waals surface area contributed by atoms with E-state index in [0.717, 1.165) is 10.2 Å². The van der Waals surface area contributed by atoms with Gasteiger partial charge in [-0.1, -0.05) is 12.7 Å². The van der Waals surface area contributed by atoms with E-state index >= 15 is 0 Å². The minimum absolute atomic E-state index is 0.692. The third-order valence-corrected chi connectivity index (χ3v) is 1.59. The highest BCUT2D eigenvalue weighted by Gasteiger charge is 1.94. The fourth-order valence-electron chi connectivity index (χ4n) is 0.625. The molecule has 0 atom stereocenters. The van der Waals surface area contributed by atoms with Crippen molar-refractivity contribution in [3.05, 3.63) is 29.0 Å². The summed E-state index contributed by atoms with van der Waals surface area (Å²) in [4.78, 5) is 3.98. The van der Waals surface area contributed by atoms with Gasteiger partial charge in [0, 0.05) is 17.4 Å². The number of nitrogen functional groups attached to an aromatic ring is 1. The van der Waals surface area contributed by atoms with Crippen LogP contribution in [0.5, 0.6) is 0 Å². The molecule has 0 amide bonds. The summed E-state index contributed by atoms with van der Waals surface area (Å²) in [6.45, 7) is 3.59. The molecule has 0 bridgehead atoms. The van der Waals surface area contributed by atoms with E-state index in [1.807, 2.05) is 0 Å². The average Bonchev–Trinajstić information content (AvgIpc) is 1.88. The highest BCUT2D eigenvalue weighted by molar-refractivity contribution is 9.10. The van der Waals surface area contributed by atoms with Gasteiger partial charge in [-0.3, -0.25) is 0 Å². The van der Waals surface area contributed by atoms with Gasteiger partial charge in [0.15, 0.2) is 0 Å². The van der Waals surface area contributed by atoms with Gasteiger partial charge in [0.25, 0.3) is 0 Å². The molecule has 0 radical (unpaired) electrons. The van der Waals surface area contributed by atoms with Crippen molar-refractivity contribution in [2.24, 2.45) is 0 Å². The lowest BCUT2D eigenvalue weighted by atomic mass is 10.2. The van der Waals surface area contributed by atoms with Crippen LogP contribution in [0.3, 0.4) is 0 Å². The van der Waals surface area contributed by atoms with Gasteiger partial charge in [-0.2, -0.15) is 0 Å². The Morgan fingerprint density at radius 1 is 1.70 bits per heavy atom. The molecule has 0 aliphatic carbocycles. The first-order valence-corrected chi connectivity index (χ1v) is 3.57. The Morgan fingerprint density at radius 3 is 2.90 bits per heavy atom. The van der Waals surface area contributed by atoms with Crippen molar-refractivity contribution in [2.75, 3.05) is 5.73 Å². The Kier molecular flexibility index (Phi) is 2.06. The monoisotopic (exact) mass is 198 g/mol. The molecule has 0 fully saturated rings. The summed E-state index contributed by atoms with van der Waals surface area (Å²) in [5.41, 5.74) is 7.15. The van der Waals surface area contributed by atoms with Crippen molar-refractivity contribution in [2.45, 2.75) is 0 Å². The molecule has 1 rings (SSSR count). The number of nitrogens with two attached hydrogens (primary N) is 1. The fraction of sp³-hybridized carbons (Fsp3) is 0. The Morgan fingerprint density at radius 2 is 2.40 bits per heavy atom. The van der Waals surface area contributed by atoms with Crippen molar-refractivity contribution < 1.29 is 0 Å². The molecule has 0 aliphatic heterocycles. The lowest BCUT2D eigenvalue weighted by molar-refractivity contribution is 1.27. The van der Waals surface area contributed by atoms with Crippen LogP contribution in [-0.4, -0.2) is 4.98 Å². The van der Waals surface area contributed by atoms with Crippen molar-refractivity contribution in [1.29, 1.82) is 0 Å². The lowest BCUT2D eigenvalue weighted by Crippen LogP contribution is -1.90. The maximum Gasteiger partial charge on any atom is 0.108 e. The molecule has 2 nitrogen and oxygen atoms in total. The van der Waals surface area contributed by atoms with E-state index < -0.39 is 0 Å². The van der Waals surface area contributed by atoms with Crippen molar-refractivity contribution in [3.8, 4) is 0 Å². The number of pyridine rings is 1. The van der Waals surface area contributed by atoms with E-state index in [-0.39, 0.29) is 0 Å². The fourth-order valence-corrected chi connectivity index (χ4v) is 0.974. The Hall–Kier alpha value is -0.830. The van der Waals surface area contributed by atoms with E-state index in [2.05, 4.69) is 27.5 Å². The molecular formula is C7H7BrN2. The molecule has 1 heterocycles. The normalized spacial score (nSPS) is 9.30. The predicted octanol–water partition coefficient (Wildman–Crippen LogP) is 2.07. The molecule has 2 N–H and O–H groups in total. The van der Waals surface area contributed by atoms with Crippen molar-refractivity contribution >= 4 is 27.7 Å². The van der Waals surface area contributed by atoms with Crippen LogP contribution in [0.1, 0.15) is 5.56 Å². The van der Waals surface area contributed by atoms with E-state index in [1.54, 1.807) is 18.3 Å². The highest BCUT2D eigenvalue weighted by atomic mass is 79.9. The van der Waals surface area contributed by atoms with Crippen LogP contribution in [0.25, 0.3) is 6.08 Å². The zero-order valence-corrected chi connectivity index (χ0v) is 6.93. The van der Waals surface area contributed by atoms with E-state index in [0.29, 0.717) is 5.69 Å². The molecule has 10 heavy (non-hydrogen) atoms.